The van der Waals surface area contributed by atoms with Gasteiger partial charge in [0, 0.05) is 6.61 Å². The highest BCUT2D eigenvalue weighted by Gasteiger charge is 2.39. The summed E-state index contributed by atoms with van der Waals surface area (Å²) >= 11 is 0. The minimum Gasteiger partial charge on any atom is -0.497 e. The summed E-state index contributed by atoms with van der Waals surface area (Å²) in [7, 11) is -2.44. The van der Waals surface area contributed by atoms with Crippen molar-refractivity contribution in [3.63, 3.8) is 0 Å². The third-order valence-corrected chi connectivity index (χ3v) is 8.49. The van der Waals surface area contributed by atoms with E-state index in [2.05, 4.69) is 6.92 Å². The zero-order valence-electron chi connectivity index (χ0n) is 24.6. The van der Waals surface area contributed by atoms with Crippen molar-refractivity contribution in [1.29, 1.82) is 0 Å². The summed E-state index contributed by atoms with van der Waals surface area (Å²) in [6.07, 6.45) is 2.10. The van der Waals surface area contributed by atoms with Gasteiger partial charge in [-0.15, -0.1) is 0 Å². The van der Waals surface area contributed by atoms with Crippen LogP contribution in [0.4, 0.5) is 0 Å². The standard InChI is InChI=1S/C35H40O6S/c1-4-5-12-25-39-26-33(41-42(36,37)34-23-17-28(2)18-24-34)27-40-35(29-13-8-6-9-14-29,30-15-10-7-11-16-30)31-19-21-32(38-3)22-20-31/h6-11,13-24,33H,4-5,12,25-27H2,1-3H3/t33-/m0/s1. The topological polar surface area (TPSA) is 71.1 Å². The molecule has 0 saturated carbocycles. The lowest BCUT2D eigenvalue weighted by Crippen LogP contribution is -2.38. The van der Waals surface area contributed by atoms with E-state index >= 15 is 0 Å². The third kappa shape index (κ3) is 7.86. The van der Waals surface area contributed by atoms with Gasteiger partial charge in [0.05, 0.1) is 25.2 Å². The van der Waals surface area contributed by atoms with Gasteiger partial charge in [-0.25, -0.2) is 0 Å². The third-order valence-electron chi connectivity index (χ3n) is 7.11. The molecule has 0 aliphatic carbocycles. The van der Waals surface area contributed by atoms with E-state index in [-0.39, 0.29) is 18.1 Å². The molecule has 1 atom stereocenters. The molecule has 0 amide bonds. The van der Waals surface area contributed by atoms with E-state index in [4.69, 9.17) is 18.4 Å². The fourth-order valence-electron chi connectivity index (χ4n) is 4.85. The molecule has 0 aliphatic rings. The van der Waals surface area contributed by atoms with Crippen molar-refractivity contribution in [1.82, 2.24) is 0 Å². The van der Waals surface area contributed by atoms with Gasteiger partial charge in [0.25, 0.3) is 10.1 Å². The Morgan fingerprint density at radius 2 is 1.29 bits per heavy atom. The second-order valence-corrected chi connectivity index (χ2v) is 11.8. The molecule has 0 bridgehead atoms. The number of hydrogen-bond acceptors (Lipinski definition) is 6. The van der Waals surface area contributed by atoms with E-state index in [1.807, 2.05) is 91.9 Å². The molecule has 6 nitrogen and oxygen atoms in total. The van der Waals surface area contributed by atoms with Crippen LogP contribution in [0, 0.1) is 6.92 Å². The van der Waals surface area contributed by atoms with E-state index in [1.165, 1.54) is 0 Å². The first-order valence-corrected chi connectivity index (χ1v) is 15.8. The minimum atomic E-state index is -4.07. The number of aryl methyl sites for hydroxylation is 1. The Labute approximate surface area is 250 Å². The van der Waals surface area contributed by atoms with Crippen LogP contribution < -0.4 is 4.74 Å². The molecule has 7 heteroatoms. The zero-order chi connectivity index (χ0) is 29.8. The molecule has 0 fully saturated rings. The molecule has 4 aromatic carbocycles. The highest BCUT2D eigenvalue weighted by molar-refractivity contribution is 7.86. The first-order valence-electron chi connectivity index (χ1n) is 14.4. The summed E-state index contributed by atoms with van der Waals surface area (Å²) in [5.41, 5.74) is 2.55. The Kier molecular flexibility index (Phi) is 11.3. The van der Waals surface area contributed by atoms with Crippen LogP contribution in [0.15, 0.2) is 114 Å². The van der Waals surface area contributed by atoms with Crippen LogP contribution in [0.1, 0.15) is 48.4 Å². The van der Waals surface area contributed by atoms with Gasteiger partial charge >= 0.3 is 0 Å². The van der Waals surface area contributed by atoms with Gasteiger partial charge in [0.15, 0.2) is 0 Å². The molecule has 0 radical (unpaired) electrons. The summed E-state index contributed by atoms with van der Waals surface area (Å²) in [6, 6.07) is 34.2. The maximum Gasteiger partial charge on any atom is 0.297 e. The molecule has 0 heterocycles. The highest BCUT2D eigenvalue weighted by Crippen LogP contribution is 2.41. The average molecular weight is 589 g/mol. The van der Waals surface area contributed by atoms with Gasteiger partial charge in [-0.3, -0.25) is 4.18 Å². The van der Waals surface area contributed by atoms with Crippen LogP contribution in [0.25, 0.3) is 0 Å². The number of ether oxygens (including phenoxy) is 3. The molecular weight excluding hydrogens is 548 g/mol. The molecule has 0 N–H and O–H groups in total. The Hall–Kier alpha value is -3.49. The Morgan fingerprint density at radius 1 is 0.714 bits per heavy atom. The lowest BCUT2D eigenvalue weighted by Gasteiger charge is -2.37. The van der Waals surface area contributed by atoms with E-state index in [0.29, 0.717) is 6.61 Å². The maximum atomic E-state index is 13.3. The van der Waals surface area contributed by atoms with E-state index in [1.54, 1.807) is 31.4 Å². The predicted molar refractivity (Wildman–Crippen MR) is 165 cm³/mol. The number of unbranched alkanes of at least 4 members (excludes halogenated alkanes) is 2. The molecule has 0 unspecified atom stereocenters. The SMILES string of the molecule is CCCCCOC[C@@H](COC(c1ccccc1)(c1ccccc1)c1ccc(OC)cc1)OS(=O)(=O)c1ccc(C)cc1. The highest BCUT2D eigenvalue weighted by atomic mass is 32.2. The van der Waals surface area contributed by atoms with Gasteiger partial charge in [-0.2, -0.15) is 8.42 Å². The van der Waals surface area contributed by atoms with Crippen molar-refractivity contribution in [2.45, 2.75) is 49.7 Å². The Morgan fingerprint density at radius 3 is 1.83 bits per heavy atom. The molecule has 222 valence electrons. The lowest BCUT2D eigenvalue weighted by atomic mass is 9.80. The predicted octanol–water partition coefficient (Wildman–Crippen LogP) is 7.29. The Bertz CT molecular complexity index is 1410. The van der Waals surface area contributed by atoms with E-state index < -0.39 is 21.8 Å². The normalized spacial score (nSPS) is 12.6. The second kappa shape index (κ2) is 15.1. The fraction of sp³-hybridized carbons (Fsp3) is 0.314. The van der Waals surface area contributed by atoms with Crippen molar-refractivity contribution in [2.75, 3.05) is 26.9 Å². The van der Waals surface area contributed by atoms with Crippen LogP contribution in [0.2, 0.25) is 0 Å². The molecule has 0 saturated heterocycles. The summed E-state index contributed by atoms with van der Waals surface area (Å²) in [4.78, 5) is 0.0941. The van der Waals surface area contributed by atoms with Crippen molar-refractivity contribution in [3.05, 3.63) is 131 Å². The van der Waals surface area contributed by atoms with Crippen molar-refractivity contribution >= 4 is 10.1 Å². The minimum absolute atomic E-state index is 0.0469. The molecular formula is C35H40O6S. The van der Waals surface area contributed by atoms with Crippen LogP contribution in [-0.4, -0.2) is 41.5 Å². The molecule has 0 aromatic heterocycles. The van der Waals surface area contributed by atoms with Gasteiger partial charge in [0.1, 0.15) is 17.5 Å². The second-order valence-electron chi connectivity index (χ2n) is 10.2. The first-order chi connectivity index (χ1) is 20.4. The summed E-state index contributed by atoms with van der Waals surface area (Å²) in [5, 5.41) is 0. The maximum absolute atomic E-state index is 13.3. The van der Waals surface area contributed by atoms with Gasteiger partial charge in [-0.1, -0.05) is 110 Å². The molecule has 0 spiro atoms. The van der Waals surface area contributed by atoms with Crippen LogP contribution in [0.5, 0.6) is 5.75 Å². The van der Waals surface area contributed by atoms with Crippen molar-refractivity contribution in [2.24, 2.45) is 0 Å². The quantitative estimate of drug-likeness (QED) is 0.0778. The number of methoxy groups -OCH3 is 1. The number of rotatable bonds is 16. The lowest BCUT2D eigenvalue weighted by molar-refractivity contribution is -0.0535. The number of benzene rings is 4. The largest absolute Gasteiger partial charge is 0.497 e. The van der Waals surface area contributed by atoms with Crippen LogP contribution >= 0.6 is 0 Å². The van der Waals surface area contributed by atoms with Gasteiger partial charge < -0.3 is 14.2 Å². The summed E-state index contributed by atoms with van der Waals surface area (Å²) in [6.45, 7) is 4.56. The monoisotopic (exact) mass is 588 g/mol. The summed E-state index contributed by atoms with van der Waals surface area (Å²) in [5.74, 6) is 0.722. The number of hydrogen-bond donors (Lipinski definition) is 0. The Balaban J connectivity index is 1.72. The zero-order valence-corrected chi connectivity index (χ0v) is 25.4. The molecule has 42 heavy (non-hydrogen) atoms. The first kappa shape index (κ1) is 31.4. The van der Waals surface area contributed by atoms with Gasteiger partial charge in [0.2, 0.25) is 0 Å². The smallest absolute Gasteiger partial charge is 0.297 e. The fourth-order valence-corrected chi connectivity index (χ4v) is 5.90. The van der Waals surface area contributed by atoms with Crippen molar-refractivity contribution < 1.29 is 26.8 Å². The van der Waals surface area contributed by atoms with E-state index in [0.717, 1.165) is 47.3 Å². The van der Waals surface area contributed by atoms with Gasteiger partial charge in [-0.05, 0) is 54.3 Å². The molecule has 0 aliphatic heterocycles. The average Bonchev–Trinajstić information content (AvgIpc) is 3.02. The van der Waals surface area contributed by atoms with Crippen molar-refractivity contribution in [3.8, 4) is 5.75 Å². The molecule has 4 aromatic rings. The van der Waals surface area contributed by atoms with Crippen LogP contribution in [0.3, 0.4) is 0 Å². The van der Waals surface area contributed by atoms with E-state index in [9.17, 15) is 8.42 Å². The summed E-state index contributed by atoms with van der Waals surface area (Å²) < 4.78 is 50.7. The van der Waals surface area contributed by atoms with Crippen LogP contribution in [-0.2, 0) is 29.4 Å². The molecule has 4 rings (SSSR count).